The number of guanidine groups is 1. The van der Waals surface area contributed by atoms with E-state index in [-0.39, 0.29) is 5.96 Å². The molecule has 5 heteroatoms. The van der Waals surface area contributed by atoms with Crippen molar-refractivity contribution in [1.82, 2.24) is 4.98 Å². The van der Waals surface area contributed by atoms with E-state index in [1.54, 1.807) is 11.3 Å². The van der Waals surface area contributed by atoms with Gasteiger partial charge in [-0.1, -0.05) is 32.1 Å². The molecule has 0 aliphatic heterocycles. The molecule has 0 aliphatic carbocycles. The molecular formula is C9H16N4S. The van der Waals surface area contributed by atoms with Crippen LogP contribution in [0.1, 0.15) is 37.3 Å². The fourth-order valence-electron chi connectivity index (χ4n) is 1.21. The summed E-state index contributed by atoms with van der Waals surface area (Å²) in [5, 5.41) is 0.658. The number of hydrogen-bond donors (Lipinski definition) is 2. The third kappa shape index (κ3) is 2.45. The van der Waals surface area contributed by atoms with Crippen LogP contribution < -0.4 is 11.5 Å². The van der Waals surface area contributed by atoms with Crippen LogP contribution in [0.25, 0.3) is 0 Å². The van der Waals surface area contributed by atoms with E-state index in [0.717, 1.165) is 12.1 Å². The van der Waals surface area contributed by atoms with Gasteiger partial charge in [0.1, 0.15) is 0 Å². The minimum Gasteiger partial charge on any atom is -0.370 e. The van der Waals surface area contributed by atoms with Gasteiger partial charge in [-0.05, 0) is 12.3 Å². The summed E-state index contributed by atoms with van der Waals surface area (Å²) in [6, 6.07) is 0. The first-order valence-corrected chi connectivity index (χ1v) is 5.45. The zero-order valence-corrected chi connectivity index (χ0v) is 9.56. The highest BCUT2D eigenvalue weighted by molar-refractivity contribution is 7.15. The van der Waals surface area contributed by atoms with Crippen molar-refractivity contribution in [3.8, 4) is 0 Å². The first-order valence-electron chi connectivity index (χ1n) is 4.63. The van der Waals surface area contributed by atoms with Crippen LogP contribution in [-0.4, -0.2) is 10.9 Å². The minimum atomic E-state index is 0.0664. The van der Waals surface area contributed by atoms with Crippen LogP contribution in [0.3, 0.4) is 0 Å². The quantitative estimate of drug-likeness (QED) is 0.591. The van der Waals surface area contributed by atoms with Gasteiger partial charge in [-0.15, -0.1) is 0 Å². The molecule has 0 atom stereocenters. The summed E-state index contributed by atoms with van der Waals surface area (Å²) in [4.78, 5) is 9.61. The van der Waals surface area contributed by atoms with Gasteiger partial charge in [-0.2, -0.15) is 4.99 Å². The molecule has 4 N–H and O–H groups in total. The van der Waals surface area contributed by atoms with Gasteiger partial charge in [0.15, 0.2) is 5.96 Å². The van der Waals surface area contributed by atoms with E-state index in [9.17, 15) is 0 Å². The van der Waals surface area contributed by atoms with Crippen molar-refractivity contribution in [2.75, 3.05) is 0 Å². The van der Waals surface area contributed by atoms with E-state index < -0.39 is 0 Å². The van der Waals surface area contributed by atoms with Crippen LogP contribution in [0.2, 0.25) is 0 Å². The second kappa shape index (κ2) is 4.41. The van der Waals surface area contributed by atoms with Crippen LogP contribution in [-0.2, 0) is 6.42 Å². The Hall–Kier alpha value is -1.10. The predicted molar refractivity (Wildman–Crippen MR) is 61.1 cm³/mol. The molecule has 1 rings (SSSR count). The zero-order chi connectivity index (χ0) is 10.7. The van der Waals surface area contributed by atoms with Gasteiger partial charge in [0.05, 0.1) is 5.69 Å². The molecule has 0 bridgehead atoms. The lowest BCUT2D eigenvalue weighted by Gasteiger charge is -2.01. The predicted octanol–water partition coefficient (Wildman–Crippen LogP) is 1.73. The van der Waals surface area contributed by atoms with Gasteiger partial charge in [0.2, 0.25) is 5.13 Å². The van der Waals surface area contributed by atoms with E-state index in [1.807, 2.05) is 0 Å². The van der Waals surface area contributed by atoms with Crippen LogP contribution in [0.4, 0.5) is 5.13 Å². The summed E-state index contributed by atoms with van der Waals surface area (Å²) in [5.74, 6) is 0.487. The summed E-state index contributed by atoms with van der Waals surface area (Å²) < 4.78 is 0. The zero-order valence-electron chi connectivity index (χ0n) is 8.74. The standard InChI is InChI=1S/C9H16N4S/c1-4-6-7(5(2)3)12-9(14-6)13-8(10)11/h5H,4H2,1-3H3,(H4,10,11,12,13). The summed E-state index contributed by atoms with van der Waals surface area (Å²) in [7, 11) is 0. The van der Waals surface area contributed by atoms with Crippen molar-refractivity contribution in [3.63, 3.8) is 0 Å². The van der Waals surface area contributed by atoms with Gasteiger partial charge < -0.3 is 11.5 Å². The minimum absolute atomic E-state index is 0.0664. The molecule has 0 spiro atoms. The number of rotatable bonds is 3. The van der Waals surface area contributed by atoms with Gasteiger partial charge in [0, 0.05) is 4.88 Å². The van der Waals surface area contributed by atoms with Gasteiger partial charge >= 0.3 is 0 Å². The smallest absolute Gasteiger partial charge is 0.212 e. The molecule has 0 saturated carbocycles. The molecule has 0 amide bonds. The van der Waals surface area contributed by atoms with Crippen LogP contribution in [0.5, 0.6) is 0 Å². The third-order valence-electron chi connectivity index (χ3n) is 1.81. The van der Waals surface area contributed by atoms with Crippen molar-refractivity contribution in [2.24, 2.45) is 16.5 Å². The number of nitrogens with two attached hydrogens (primary N) is 2. The average molecular weight is 212 g/mol. The molecule has 0 aromatic carbocycles. The highest BCUT2D eigenvalue weighted by Gasteiger charge is 2.12. The first-order chi connectivity index (χ1) is 6.54. The molecule has 78 valence electrons. The lowest BCUT2D eigenvalue weighted by molar-refractivity contribution is 0.816. The maximum Gasteiger partial charge on any atom is 0.212 e. The Kier molecular flexibility index (Phi) is 3.46. The molecule has 0 fully saturated rings. The topological polar surface area (TPSA) is 77.3 Å². The number of aromatic nitrogens is 1. The van der Waals surface area contributed by atoms with Crippen LogP contribution in [0.15, 0.2) is 4.99 Å². The Morgan fingerprint density at radius 1 is 1.50 bits per heavy atom. The SMILES string of the molecule is CCc1sc(N=C(N)N)nc1C(C)C. The summed E-state index contributed by atoms with van der Waals surface area (Å²) in [6.07, 6.45) is 0.977. The maximum atomic E-state index is 5.30. The van der Waals surface area contributed by atoms with Gasteiger partial charge in [-0.3, -0.25) is 0 Å². The number of hydrogen-bond acceptors (Lipinski definition) is 3. The Balaban J connectivity index is 3.07. The monoisotopic (exact) mass is 212 g/mol. The lowest BCUT2D eigenvalue weighted by Crippen LogP contribution is -2.21. The fraction of sp³-hybridized carbons (Fsp3) is 0.556. The van der Waals surface area contributed by atoms with Crippen LogP contribution >= 0.6 is 11.3 Å². The molecule has 0 radical (unpaired) electrons. The molecule has 4 nitrogen and oxygen atoms in total. The second-order valence-corrected chi connectivity index (χ2v) is 4.41. The van der Waals surface area contributed by atoms with Gasteiger partial charge in [-0.25, -0.2) is 4.98 Å². The summed E-state index contributed by atoms with van der Waals surface area (Å²) in [5.41, 5.74) is 11.7. The molecule has 0 aliphatic rings. The third-order valence-corrected chi connectivity index (χ3v) is 2.92. The number of aryl methyl sites for hydroxylation is 1. The molecule has 0 saturated heterocycles. The molecule has 14 heavy (non-hydrogen) atoms. The van der Waals surface area contributed by atoms with Crippen molar-refractivity contribution >= 4 is 22.4 Å². The van der Waals surface area contributed by atoms with E-state index in [2.05, 4.69) is 30.7 Å². The van der Waals surface area contributed by atoms with Crippen LogP contribution in [0, 0.1) is 0 Å². The summed E-state index contributed by atoms with van der Waals surface area (Å²) in [6.45, 7) is 6.35. The van der Waals surface area contributed by atoms with E-state index in [4.69, 9.17) is 11.5 Å². The summed E-state index contributed by atoms with van der Waals surface area (Å²) >= 11 is 1.56. The van der Waals surface area contributed by atoms with E-state index in [1.165, 1.54) is 4.88 Å². The normalized spacial score (nSPS) is 10.6. The van der Waals surface area contributed by atoms with Crippen molar-refractivity contribution in [1.29, 1.82) is 0 Å². The molecule has 1 heterocycles. The highest BCUT2D eigenvalue weighted by Crippen LogP contribution is 2.30. The molecule has 1 aromatic rings. The number of thiazole rings is 1. The highest BCUT2D eigenvalue weighted by atomic mass is 32.1. The average Bonchev–Trinajstić information content (AvgIpc) is 2.46. The molecular weight excluding hydrogens is 196 g/mol. The van der Waals surface area contributed by atoms with Crippen molar-refractivity contribution in [2.45, 2.75) is 33.1 Å². The largest absolute Gasteiger partial charge is 0.370 e. The Morgan fingerprint density at radius 3 is 2.50 bits per heavy atom. The lowest BCUT2D eigenvalue weighted by atomic mass is 10.1. The molecule has 0 unspecified atom stereocenters. The van der Waals surface area contributed by atoms with Crippen molar-refractivity contribution in [3.05, 3.63) is 10.6 Å². The Labute approximate surface area is 88.1 Å². The first kappa shape index (κ1) is 11.0. The second-order valence-electron chi connectivity index (χ2n) is 3.35. The Morgan fingerprint density at radius 2 is 2.14 bits per heavy atom. The van der Waals surface area contributed by atoms with Crippen molar-refractivity contribution < 1.29 is 0 Å². The van der Waals surface area contributed by atoms with Gasteiger partial charge in [0.25, 0.3) is 0 Å². The van der Waals surface area contributed by atoms with E-state index in [0.29, 0.717) is 11.0 Å². The number of aliphatic imine (C=N–C) groups is 1. The van der Waals surface area contributed by atoms with E-state index >= 15 is 0 Å². The number of nitrogens with zero attached hydrogens (tertiary/aromatic N) is 2. The maximum absolute atomic E-state index is 5.30. The molecule has 1 aromatic heterocycles. The fourth-order valence-corrected chi connectivity index (χ4v) is 2.26. The Bertz CT molecular complexity index is 337.